The van der Waals surface area contributed by atoms with Gasteiger partial charge >= 0.3 is 5.97 Å². The fourth-order valence-corrected chi connectivity index (χ4v) is 2.79. The van der Waals surface area contributed by atoms with E-state index >= 15 is 0 Å². The van der Waals surface area contributed by atoms with Crippen molar-refractivity contribution in [2.75, 3.05) is 18.5 Å². The van der Waals surface area contributed by atoms with E-state index in [0.29, 0.717) is 0 Å². The van der Waals surface area contributed by atoms with Crippen LogP contribution in [0.2, 0.25) is 0 Å². The second-order valence-corrected chi connectivity index (χ2v) is 6.25. The maximum Gasteiger partial charge on any atom is 0.305 e. The molecule has 1 aliphatic rings. The Morgan fingerprint density at radius 3 is 2.37 bits per heavy atom. The molecule has 154 valence electrons. The molecule has 3 rings (SSSR count). The minimum Gasteiger partial charge on any atom is -0.484 e. The zero-order valence-corrected chi connectivity index (χ0v) is 15.4. The van der Waals surface area contributed by atoms with Gasteiger partial charge < -0.3 is 15.2 Å². The van der Waals surface area contributed by atoms with Crippen molar-refractivity contribution >= 4 is 35.1 Å². The molecule has 0 bridgehead atoms. The Hall–Kier alpha value is -4.28. The third-order valence-electron chi connectivity index (χ3n) is 4.22. The molecular weight excluding hydrogens is 398 g/mol. The largest absolute Gasteiger partial charge is 0.484 e. The maximum absolute atomic E-state index is 12.4. The lowest BCUT2D eigenvalue weighted by atomic mass is 10.1. The number of non-ortho nitro benzene ring substituents is 1. The fraction of sp³-hybridized carbons (Fsp3) is 0.158. The van der Waals surface area contributed by atoms with Crippen molar-refractivity contribution in [3.63, 3.8) is 0 Å². The monoisotopic (exact) mass is 413 g/mol. The first-order valence-corrected chi connectivity index (χ1v) is 8.65. The molecule has 0 spiro atoms. The number of ether oxygens (including phenoxy) is 1. The number of carboxylic acids is 1. The number of hydrogen-bond acceptors (Lipinski definition) is 7. The van der Waals surface area contributed by atoms with Gasteiger partial charge in [0.15, 0.2) is 6.61 Å². The number of anilines is 1. The van der Waals surface area contributed by atoms with Crippen LogP contribution in [0, 0.1) is 10.1 Å². The number of nitro benzene ring substituents is 1. The predicted octanol–water partition coefficient (Wildman–Crippen LogP) is 1.68. The minimum absolute atomic E-state index is 0.0690. The molecule has 0 aliphatic carbocycles. The van der Waals surface area contributed by atoms with Crippen LogP contribution >= 0.6 is 0 Å². The number of carboxylic acid groups (broad SMARTS) is 1. The zero-order chi connectivity index (χ0) is 21.8. The molecule has 3 amide bonds. The van der Waals surface area contributed by atoms with Crippen LogP contribution in [0.15, 0.2) is 42.5 Å². The van der Waals surface area contributed by atoms with E-state index in [9.17, 15) is 29.3 Å². The number of rotatable bonds is 8. The van der Waals surface area contributed by atoms with Gasteiger partial charge in [-0.05, 0) is 30.3 Å². The number of imide groups is 1. The molecule has 2 N–H and O–H groups in total. The molecule has 11 nitrogen and oxygen atoms in total. The lowest BCUT2D eigenvalue weighted by molar-refractivity contribution is -0.384. The summed E-state index contributed by atoms with van der Waals surface area (Å²) in [4.78, 5) is 58.3. The topological polar surface area (TPSA) is 156 Å². The summed E-state index contributed by atoms with van der Waals surface area (Å²) in [5, 5.41) is 21.9. The summed E-state index contributed by atoms with van der Waals surface area (Å²) in [6.45, 7) is -0.626. The first-order chi connectivity index (χ1) is 14.3. The average Bonchev–Trinajstić information content (AvgIpc) is 2.94. The van der Waals surface area contributed by atoms with Crippen molar-refractivity contribution < 1.29 is 33.9 Å². The van der Waals surface area contributed by atoms with Crippen LogP contribution in [0.3, 0.4) is 0 Å². The Labute approximate surface area is 169 Å². The number of aliphatic carboxylic acids is 1. The van der Waals surface area contributed by atoms with Gasteiger partial charge in [0.25, 0.3) is 23.4 Å². The van der Waals surface area contributed by atoms with E-state index in [1.165, 1.54) is 42.5 Å². The van der Waals surface area contributed by atoms with Gasteiger partial charge in [-0.1, -0.05) is 0 Å². The Morgan fingerprint density at radius 1 is 1.07 bits per heavy atom. The molecule has 2 aromatic carbocycles. The van der Waals surface area contributed by atoms with Crippen LogP contribution in [0.5, 0.6) is 5.75 Å². The molecule has 2 aromatic rings. The number of carbonyl (C=O) groups excluding carboxylic acids is 3. The van der Waals surface area contributed by atoms with E-state index in [2.05, 4.69) is 5.32 Å². The molecule has 11 heteroatoms. The Balaban J connectivity index is 1.61. The summed E-state index contributed by atoms with van der Waals surface area (Å²) in [7, 11) is 0. The van der Waals surface area contributed by atoms with E-state index in [0.717, 1.165) is 4.90 Å². The third-order valence-corrected chi connectivity index (χ3v) is 4.22. The number of carbonyl (C=O) groups is 4. The number of nitro groups is 1. The maximum atomic E-state index is 12.4. The van der Waals surface area contributed by atoms with E-state index < -0.39 is 28.6 Å². The van der Waals surface area contributed by atoms with Gasteiger partial charge in [0, 0.05) is 24.4 Å². The van der Waals surface area contributed by atoms with Crippen LogP contribution in [0.1, 0.15) is 27.1 Å². The number of nitrogens with zero attached hydrogens (tertiary/aromatic N) is 2. The zero-order valence-electron chi connectivity index (χ0n) is 15.4. The van der Waals surface area contributed by atoms with Crippen LogP contribution in [-0.4, -0.2) is 51.8 Å². The van der Waals surface area contributed by atoms with E-state index in [1.807, 2.05) is 0 Å². The van der Waals surface area contributed by atoms with Crippen LogP contribution in [0.25, 0.3) is 0 Å². The van der Waals surface area contributed by atoms with Gasteiger partial charge in [0.2, 0.25) is 0 Å². The van der Waals surface area contributed by atoms with E-state index in [4.69, 9.17) is 9.84 Å². The van der Waals surface area contributed by atoms with Gasteiger partial charge in [-0.3, -0.25) is 34.2 Å². The molecule has 30 heavy (non-hydrogen) atoms. The second-order valence-electron chi connectivity index (χ2n) is 6.25. The second kappa shape index (κ2) is 8.39. The quantitative estimate of drug-likeness (QED) is 0.376. The molecule has 0 radical (unpaired) electrons. The van der Waals surface area contributed by atoms with Gasteiger partial charge in [-0.15, -0.1) is 0 Å². The highest BCUT2D eigenvalue weighted by molar-refractivity contribution is 6.22. The number of fused-ring (bicyclic) bond motifs is 1. The first kappa shape index (κ1) is 20.5. The van der Waals surface area contributed by atoms with Crippen molar-refractivity contribution in [2.24, 2.45) is 0 Å². The molecule has 0 atom stereocenters. The molecule has 0 unspecified atom stereocenters. The number of nitrogens with one attached hydrogen (secondary N) is 1. The first-order valence-electron chi connectivity index (χ1n) is 8.65. The Kier molecular flexibility index (Phi) is 5.72. The van der Waals surface area contributed by atoms with Gasteiger partial charge in [-0.25, -0.2) is 0 Å². The summed E-state index contributed by atoms with van der Waals surface area (Å²) in [6.07, 6.45) is -0.366. The Morgan fingerprint density at radius 2 is 1.73 bits per heavy atom. The molecular formula is C19H15N3O8. The number of amides is 3. The van der Waals surface area contributed by atoms with Crippen molar-refractivity contribution in [3.05, 3.63) is 63.7 Å². The normalized spacial score (nSPS) is 12.5. The van der Waals surface area contributed by atoms with E-state index in [-0.39, 0.29) is 47.8 Å². The number of hydrogen-bond donors (Lipinski definition) is 2. The molecule has 0 fully saturated rings. The summed E-state index contributed by atoms with van der Waals surface area (Å²) in [5.74, 6) is -2.63. The molecule has 1 heterocycles. The van der Waals surface area contributed by atoms with Crippen LogP contribution in [-0.2, 0) is 9.59 Å². The average molecular weight is 413 g/mol. The molecule has 0 aromatic heterocycles. The Bertz CT molecular complexity index is 1050. The fourth-order valence-electron chi connectivity index (χ4n) is 2.79. The lowest BCUT2D eigenvalue weighted by Gasteiger charge is -2.11. The molecule has 0 saturated carbocycles. The molecule has 0 saturated heterocycles. The van der Waals surface area contributed by atoms with Crippen molar-refractivity contribution in [2.45, 2.75) is 6.42 Å². The highest BCUT2D eigenvalue weighted by atomic mass is 16.6. The standard InChI is InChI=1S/C19H15N3O8/c23-16(10-30-13-4-2-12(3-5-13)22(28)29)20-11-1-6-14-15(9-11)19(27)21(18(14)26)8-7-17(24)25/h1-6,9H,7-8,10H2,(H,20,23)(H,24,25). The minimum atomic E-state index is -1.13. The lowest BCUT2D eigenvalue weighted by Crippen LogP contribution is -2.31. The summed E-state index contributed by atoms with van der Waals surface area (Å²) >= 11 is 0. The molecule has 1 aliphatic heterocycles. The summed E-state index contributed by atoms with van der Waals surface area (Å²) in [5.41, 5.74) is 0.346. The third kappa shape index (κ3) is 4.41. The number of benzene rings is 2. The highest BCUT2D eigenvalue weighted by Crippen LogP contribution is 2.26. The smallest absolute Gasteiger partial charge is 0.305 e. The van der Waals surface area contributed by atoms with Gasteiger partial charge in [-0.2, -0.15) is 0 Å². The van der Waals surface area contributed by atoms with Crippen molar-refractivity contribution in [1.82, 2.24) is 4.90 Å². The summed E-state index contributed by atoms with van der Waals surface area (Å²) < 4.78 is 5.26. The predicted molar refractivity (Wildman–Crippen MR) is 101 cm³/mol. The van der Waals surface area contributed by atoms with E-state index in [1.54, 1.807) is 0 Å². The van der Waals surface area contributed by atoms with Crippen LogP contribution < -0.4 is 10.1 Å². The van der Waals surface area contributed by atoms with Crippen LogP contribution in [0.4, 0.5) is 11.4 Å². The van der Waals surface area contributed by atoms with Crippen molar-refractivity contribution in [1.29, 1.82) is 0 Å². The highest BCUT2D eigenvalue weighted by Gasteiger charge is 2.35. The summed E-state index contributed by atoms with van der Waals surface area (Å²) in [6, 6.07) is 9.35. The van der Waals surface area contributed by atoms with Gasteiger partial charge in [0.05, 0.1) is 22.5 Å². The SMILES string of the molecule is O=C(O)CCN1C(=O)c2ccc(NC(=O)COc3ccc([N+](=O)[O-])cc3)cc2C1=O. The van der Waals surface area contributed by atoms with Gasteiger partial charge in [0.1, 0.15) is 5.75 Å². The van der Waals surface area contributed by atoms with Crippen molar-refractivity contribution in [3.8, 4) is 5.75 Å².